The van der Waals surface area contributed by atoms with Gasteiger partial charge in [-0.25, -0.2) is 0 Å². The van der Waals surface area contributed by atoms with Crippen molar-refractivity contribution in [2.45, 2.75) is 38.5 Å². The van der Waals surface area contributed by atoms with E-state index < -0.39 is 0 Å². The average Bonchev–Trinajstić information content (AvgIpc) is 3.07. The lowest BCUT2D eigenvalue weighted by Crippen LogP contribution is -2.32. The van der Waals surface area contributed by atoms with Gasteiger partial charge in [0.15, 0.2) is 0 Å². The van der Waals surface area contributed by atoms with Gasteiger partial charge < -0.3 is 9.64 Å². The molecule has 0 aromatic heterocycles. The maximum atomic E-state index is 12.1. The highest BCUT2D eigenvalue weighted by atomic mass is 16.5. The summed E-state index contributed by atoms with van der Waals surface area (Å²) in [6, 6.07) is 8.39. The third-order valence-corrected chi connectivity index (χ3v) is 4.19. The number of hydrogen-bond acceptors (Lipinski definition) is 3. The minimum Gasteiger partial charge on any atom is -0.378 e. The molecule has 2 atom stereocenters. The summed E-state index contributed by atoms with van der Waals surface area (Å²) < 4.78 is 5.65. The minimum atomic E-state index is 0.0181. The van der Waals surface area contributed by atoms with Gasteiger partial charge in [0.1, 0.15) is 6.17 Å². The van der Waals surface area contributed by atoms with Crippen LogP contribution in [0.3, 0.4) is 0 Å². The highest BCUT2D eigenvalue weighted by Gasteiger charge is 2.32. The maximum Gasteiger partial charge on any atom is 0.238 e. The van der Waals surface area contributed by atoms with Crippen molar-refractivity contribution in [3.63, 3.8) is 0 Å². The zero-order valence-electron chi connectivity index (χ0n) is 12.0. The van der Waals surface area contributed by atoms with Gasteiger partial charge >= 0.3 is 0 Å². The van der Waals surface area contributed by atoms with Crippen LogP contribution < -0.4 is 5.32 Å². The van der Waals surface area contributed by atoms with Crippen molar-refractivity contribution in [3.05, 3.63) is 35.4 Å². The molecule has 4 heteroatoms. The molecule has 0 saturated carbocycles. The first kappa shape index (κ1) is 13.6. The lowest BCUT2D eigenvalue weighted by Gasteiger charge is -2.26. The Morgan fingerprint density at radius 3 is 2.85 bits per heavy atom. The van der Waals surface area contributed by atoms with Gasteiger partial charge in [-0.3, -0.25) is 10.1 Å². The number of nitrogens with one attached hydrogen (secondary N) is 1. The molecule has 20 heavy (non-hydrogen) atoms. The van der Waals surface area contributed by atoms with Gasteiger partial charge in [-0.1, -0.05) is 29.8 Å². The topological polar surface area (TPSA) is 41.6 Å². The van der Waals surface area contributed by atoms with Crippen LogP contribution in [0.15, 0.2) is 24.3 Å². The molecule has 2 aliphatic heterocycles. The Balaban J connectivity index is 1.66. The second-order valence-corrected chi connectivity index (χ2v) is 5.70. The summed E-state index contributed by atoms with van der Waals surface area (Å²) in [7, 11) is 0. The summed E-state index contributed by atoms with van der Waals surface area (Å²) in [5, 5.41) is 3.30. The normalized spacial score (nSPS) is 26.4. The van der Waals surface area contributed by atoms with Gasteiger partial charge in [0.05, 0.1) is 12.6 Å². The van der Waals surface area contributed by atoms with Crippen LogP contribution in [0.5, 0.6) is 0 Å². The van der Waals surface area contributed by atoms with Crippen LogP contribution in [0.2, 0.25) is 0 Å². The van der Waals surface area contributed by atoms with E-state index in [-0.39, 0.29) is 12.1 Å². The molecular formula is C16H22N2O2. The van der Waals surface area contributed by atoms with E-state index in [1.807, 2.05) is 4.90 Å². The van der Waals surface area contributed by atoms with Crippen LogP contribution in [0.25, 0.3) is 0 Å². The number of nitrogens with zero attached hydrogens (tertiary/aromatic N) is 1. The molecule has 2 fully saturated rings. The highest BCUT2D eigenvalue weighted by molar-refractivity contribution is 5.80. The van der Waals surface area contributed by atoms with E-state index in [1.54, 1.807) is 0 Å². The Hall–Kier alpha value is -1.39. The van der Waals surface area contributed by atoms with E-state index >= 15 is 0 Å². The van der Waals surface area contributed by atoms with Gasteiger partial charge in [-0.05, 0) is 31.7 Å². The molecule has 0 aliphatic carbocycles. The molecule has 2 unspecified atom stereocenters. The van der Waals surface area contributed by atoms with Gasteiger partial charge in [0.2, 0.25) is 5.91 Å². The Morgan fingerprint density at radius 2 is 2.15 bits per heavy atom. The van der Waals surface area contributed by atoms with Gasteiger partial charge in [0.25, 0.3) is 0 Å². The lowest BCUT2D eigenvalue weighted by molar-refractivity contribution is -0.128. The van der Waals surface area contributed by atoms with Crippen LogP contribution >= 0.6 is 0 Å². The zero-order valence-corrected chi connectivity index (χ0v) is 12.0. The molecule has 4 nitrogen and oxygen atoms in total. The fourth-order valence-electron chi connectivity index (χ4n) is 3.00. The number of amides is 1. The van der Waals surface area contributed by atoms with Crippen molar-refractivity contribution < 1.29 is 9.53 Å². The first-order valence-corrected chi connectivity index (χ1v) is 7.45. The molecule has 1 aromatic rings. The molecule has 1 amide bonds. The van der Waals surface area contributed by atoms with Crippen molar-refractivity contribution in [1.82, 2.24) is 10.2 Å². The van der Waals surface area contributed by atoms with Crippen LogP contribution in [-0.4, -0.2) is 36.6 Å². The Bertz CT molecular complexity index is 466. The second-order valence-electron chi connectivity index (χ2n) is 5.70. The van der Waals surface area contributed by atoms with Crippen molar-refractivity contribution in [3.8, 4) is 0 Å². The number of carbonyl (C=O) groups is 1. The van der Waals surface area contributed by atoms with Crippen molar-refractivity contribution >= 4 is 5.91 Å². The first-order chi connectivity index (χ1) is 9.74. The van der Waals surface area contributed by atoms with E-state index in [0.717, 1.165) is 38.0 Å². The largest absolute Gasteiger partial charge is 0.378 e. The lowest BCUT2D eigenvalue weighted by atomic mass is 10.1. The van der Waals surface area contributed by atoms with E-state index in [9.17, 15) is 4.79 Å². The monoisotopic (exact) mass is 274 g/mol. The van der Waals surface area contributed by atoms with Gasteiger partial charge in [0, 0.05) is 13.2 Å². The van der Waals surface area contributed by atoms with E-state index in [4.69, 9.17) is 4.74 Å². The molecule has 2 heterocycles. The van der Waals surface area contributed by atoms with Crippen molar-refractivity contribution in [1.29, 1.82) is 0 Å². The van der Waals surface area contributed by atoms with Gasteiger partial charge in [-0.2, -0.15) is 0 Å². The SMILES string of the molecule is Cc1ccc(C2NCC(=O)N2CCC2CCCO2)cc1. The molecule has 1 aromatic carbocycles. The highest BCUT2D eigenvalue weighted by Crippen LogP contribution is 2.24. The van der Waals surface area contributed by atoms with Crippen LogP contribution in [-0.2, 0) is 9.53 Å². The molecule has 2 saturated heterocycles. The number of rotatable bonds is 4. The van der Waals surface area contributed by atoms with E-state index in [2.05, 4.69) is 36.5 Å². The van der Waals surface area contributed by atoms with Crippen molar-refractivity contribution in [2.24, 2.45) is 0 Å². The zero-order chi connectivity index (χ0) is 13.9. The Labute approximate surface area is 120 Å². The number of hydrogen-bond donors (Lipinski definition) is 1. The third kappa shape index (κ3) is 2.86. The number of aryl methyl sites for hydroxylation is 1. The fourth-order valence-corrected chi connectivity index (χ4v) is 3.00. The van der Waals surface area contributed by atoms with E-state index in [1.165, 1.54) is 5.56 Å². The Kier molecular flexibility index (Phi) is 4.03. The predicted molar refractivity (Wildman–Crippen MR) is 77.2 cm³/mol. The summed E-state index contributed by atoms with van der Waals surface area (Å²) in [4.78, 5) is 14.0. The quantitative estimate of drug-likeness (QED) is 0.913. The number of ether oxygens (including phenoxy) is 1. The molecular weight excluding hydrogens is 252 g/mol. The molecule has 0 spiro atoms. The van der Waals surface area contributed by atoms with Crippen LogP contribution in [0, 0.1) is 6.92 Å². The van der Waals surface area contributed by atoms with Crippen LogP contribution in [0.1, 0.15) is 36.6 Å². The number of benzene rings is 1. The molecule has 0 radical (unpaired) electrons. The average molecular weight is 274 g/mol. The first-order valence-electron chi connectivity index (χ1n) is 7.45. The molecule has 0 bridgehead atoms. The predicted octanol–water partition coefficient (Wildman–Crippen LogP) is 1.99. The molecule has 1 N–H and O–H groups in total. The third-order valence-electron chi connectivity index (χ3n) is 4.19. The molecule has 2 aliphatic rings. The van der Waals surface area contributed by atoms with Gasteiger partial charge in [-0.15, -0.1) is 0 Å². The maximum absolute atomic E-state index is 12.1. The second kappa shape index (κ2) is 5.94. The number of carbonyl (C=O) groups excluding carboxylic acids is 1. The molecule has 3 rings (SSSR count). The summed E-state index contributed by atoms with van der Waals surface area (Å²) in [6.07, 6.45) is 3.57. The summed E-state index contributed by atoms with van der Waals surface area (Å²) >= 11 is 0. The fraction of sp³-hybridized carbons (Fsp3) is 0.562. The summed E-state index contributed by atoms with van der Waals surface area (Å²) in [5.74, 6) is 0.188. The smallest absolute Gasteiger partial charge is 0.238 e. The van der Waals surface area contributed by atoms with E-state index in [0.29, 0.717) is 12.6 Å². The van der Waals surface area contributed by atoms with Crippen molar-refractivity contribution in [2.75, 3.05) is 19.7 Å². The summed E-state index contributed by atoms with van der Waals surface area (Å²) in [6.45, 7) is 4.16. The minimum absolute atomic E-state index is 0.0181. The Morgan fingerprint density at radius 1 is 1.35 bits per heavy atom. The molecule has 108 valence electrons. The standard InChI is InChI=1S/C16H22N2O2/c1-12-4-6-13(7-5-12)16-17-11-15(19)18(16)9-8-14-3-2-10-20-14/h4-7,14,16-17H,2-3,8-11H2,1H3. The van der Waals surface area contributed by atoms with Crippen LogP contribution in [0.4, 0.5) is 0 Å². The summed E-state index contributed by atoms with van der Waals surface area (Å²) in [5.41, 5.74) is 2.40.